The summed E-state index contributed by atoms with van der Waals surface area (Å²) in [4.78, 5) is 54.6. The van der Waals surface area contributed by atoms with Crippen molar-refractivity contribution in [1.29, 1.82) is 0 Å². The minimum absolute atomic E-state index is 0.0231. The van der Waals surface area contributed by atoms with Gasteiger partial charge in [0.05, 0.1) is 0 Å². The smallest absolute Gasteiger partial charge is 0.333 e. The topological polar surface area (TPSA) is 186 Å². The number of benzene rings is 4. The van der Waals surface area contributed by atoms with Gasteiger partial charge in [-0.15, -0.1) is 0 Å². The van der Waals surface area contributed by atoms with Crippen molar-refractivity contribution in [2.45, 2.75) is 38.5 Å². The van der Waals surface area contributed by atoms with E-state index in [0.717, 1.165) is 41.6 Å². The highest BCUT2D eigenvalue weighted by Gasteiger charge is 2.57. The highest BCUT2D eigenvalue weighted by molar-refractivity contribution is 9.11. The molecule has 13 heteroatoms. The number of fused-ring (bicyclic) bond motifs is 2. The number of barbiturate groups is 1. The van der Waals surface area contributed by atoms with Gasteiger partial charge >= 0.3 is 6.03 Å². The molecule has 0 bridgehead atoms. The second-order valence-corrected chi connectivity index (χ2v) is 13.9. The van der Waals surface area contributed by atoms with Crippen molar-refractivity contribution in [1.82, 2.24) is 9.80 Å². The first kappa shape index (κ1) is 35.8. The fraction of sp³-hybridized carbons (Fsp3) is 0.306. The number of carbonyl (C=O) groups excluding carboxylic acids is 3. The van der Waals surface area contributed by atoms with E-state index in [2.05, 4.69) is 41.8 Å². The average molecular weight is 793 g/mol. The van der Waals surface area contributed by atoms with Gasteiger partial charge in [0.1, 0.15) is 5.41 Å². The standard InChI is InChI=1S/C36H40Br2N8O3/c37-29-15-13-23(25-9-1-3-11-27(25)29)21-36(22-24-14-16-30(38)28-12-4-2-10-26(24)28)31(47)45(19-7-5-17-43-33(39)40)35(49)46(32(36)48)20-8-6-18-44-34(41)42/h1-4,9-16H,5-8,17-22H2,(H4,39,40,43)(H4,41,42,44). The Morgan fingerprint density at radius 1 is 0.571 bits per heavy atom. The summed E-state index contributed by atoms with van der Waals surface area (Å²) in [5.74, 6) is -1.07. The number of hydrogen-bond donors (Lipinski definition) is 4. The molecule has 49 heavy (non-hydrogen) atoms. The van der Waals surface area contributed by atoms with E-state index >= 15 is 0 Å². The minimum Gasteiger partial charge on any atom is -0.370 e. The summed E-state index contributed by atoms with van der Waals surface area (Å²) in [5, 5.41) is 3.76. The number of halogens is 2. The number of amides is 4. The van der Waals surface area contributed by atoms with Crippen molar-refractivity contribution in [3.8, 4) is 0 Å². The van der Waals surface area contributed by atoms with Crippen LogP contribution in [0, 0.1) is 5.41 Å². The van der Waals surface area contributed by atoms with Crippen LogP contribution in [0.1, 0.15) is 36.8 Å². The first-order valence-electron chi connectivity index (χ1n) is 16.1. The van der Waals surface area contributed by atoms with E-state index in [4.69, 9.17) is 22.9 Å². The summed E-state index contributed by atoms with van der Waals surface area (Å²) in [5.41, 5.74) is 22.0. The van der Waals surface area contributed by atoms with Crippen LogP contribution in [0.5, 0.6) is 0 Å². The van der Waals surface area contributed by atoms with Crippen molar-refractivity contribution < 1.29 is 14.4 Å². The second-order valence-electron chi connectivity index (χ2n) is 12.2. The Morgan fingerprint density at radius 3 is 1.35 bits per heavy atom. The Labute approximate surface area is 302 Å². The highest BCUT2D eigenvalue weighted by Crippen LogP contribution is 2.41. The van der Waals surface area contributed by atoms with E-state index in [9.17, 15) is 14.4 Å². The van der Waals surface area contributed by atoms with Gasteiger partial charge in [-0.2, -0.15) is 0 Å². The molecule has 0 aliphatic carbocycles. The Bertz CT molecular complexity index is 1800. The number of nitrogens with two attached hydrogens (primary N) is 4. The monoisotopic (exact) mass is 790 g/mol. The van der Waals surface area contributed by atoms with Crippen LogP contribution in [0.15, 0.2) is 91.7 Å². The maximum Gasteiger partial charge on any atom is 0.333 e. The third-order valence-electron chi connectivity index (χ3n) is 8.85. The fourth-order valence-corrected chi connectivity index (χ4v) is 7.43. The lowest BCUT2D eigenvalue weighted by molar-refractivity contribution is -0.159. The van der Waals surface area contributed by atoms with Gasteiger partial charge in [-0.05, 0) is 83.3 Å². The largest absolute Gasteiger partial charge is 0.370 e. The van der Waals surface area contributed by atoms with E-state index in [1.807, 2.05) is 72.8 Å². The minimum atomic E-state index is -1.62. The molecule has 4 amide bonds. The SMILES string of the molecule is NC(N)=NCCCCN1C(=O)N(CCCCN=C(N)N)C(=O)C(Cc2ccc(Br)c3ccccc23)(Cc2ccc(Br)c3ccccc23)C1=O. The summed E-state index contributed by atoms with van der Waals surface area (Å²) < 4.78 is 1.81. The highest BCUT2D eigenvalue weighted by atomic mass is 79.9. The van der Waals surface area contributed by atoms with Crippen LogP contribution in [0.4, 0.5) is 4.79 Å². The summed E-state index contributed by atoms with van der Waals surface area (Å²) in [6.45, 7) is 0.929. The molecule has 4 aromatic rings. The molecule has 1 fully saturated rings. The van der Waals surface area contributed by atoms with Gasteiger partial charge in [0.25, 0.3) is 0 Å². The van der Waals surface area contributed by atoms with Gasteiger partial charge < -0.3 is 22.9 Å². The molecule has 0 radical (unpaired) electrons. The quantitative estimate of drug-likeness (QED) is 0.0586. The van der Waals surface area contributed by atoms with Crippen molar-refractivity contribution in [3.05, 3.63) is 92.9 Å². The molecule has 1 heterocycles. The Hall–Kier alpha value is -4.49. The molecule has 256 valence electrons. The fourth-order valence-electron chi connectivity index (χ4n) is 6.47. The zero-order chi connectivity index (χ0) is 35.1. The molecule has 4 aromatic carbocycles. The normalized spacial score (nSPS) is 14.4. The molecule has 5 rings (SSSR count). The van der Waals surface area contributed by atoms with Crippen molar-refractivity contribution in [3.63, 3.8) is 0 Å². The van der Waals surface area contributed by atoms with Gasteiger partial charge in [0, 0.05) is 35.1 Å². The Morgan fingerprint density at radius 2 is 0.959 bits per heavy atom. The van der Waals surface area contributed by atoms with E-state index in [1.165, 1.54) is 9.80 Å². The molecule has 0 saturated carbocycles. The summed E-state index contributed by atoms with van der Waals surface area (Å²) in [6.07, 6.45) is 2.18. The van der Waals surface area contributed by atoms with Gasteiger partial charge in [0.15, 0.2) is 11.9 Å². The summed E-state index contributed by atoms with van der Waals surface area (Å²) >= 11 is 7.32. The third-order valence-corrected chi connectivity index (χ3v) is 10.2. The van der Waals surface area contributed by atoms with E-state index < -0.39 is 23.3 Å². The third kappa shape index (κ3) is 7.88. The van der Waals surface area contributed by atoms with Crippen LogP contribution >= 0.6 is 31.9 Å². The molecule has 11 nitrogen and oxygen atoms in total. The number of nitrogens with zero attached hydrogens (tertiary/aromatic N) is 4. The average Bonchev–Trinajstić information content (AvgIpc) is 3.08. The number of hydrogen-bond acceptors (Lipinski definition) is 5. The van der Waals surface area contributed by atoms with Gasteiger partial charge in [-0.25, -0.2) is 4.79 Å². The van der Waals surface area contributed by atoms with Gasteiger partial charge in [-0.1, -0.05) is 92.5 Å². The number of unbranched alkanes of at least 4 members (excludes halogenated alkanes) is 2. The number of guanidine groups is 2. The predicted molar refractivity (Wildman–Crippen MR) is 202 cm³/mol. The first-order chi connectivity index (χ1) is 23.5. The number of rotatable bonds is 14. The van der Waals surface area contributed by atoms with Gasteiger partial charge in [-0.3, -0.25) is 29.4 Å². The molecule has 1 aliphatic rings. The zero-order valence-corrected chi connectivity index (χ0v) is 30.3. The maximum atomic E-state index is 15.0. The second kappa shape index (κ2) is 15.8. The zero-order valence-electron chi connectivity index (χ0n) is 27.1. The van der Waals surface area contributed by atoms with Gasteiger partial charge in [0.2, 0.25) is 11.8 Å². The van der Waals surface area contributed by atoms with Crippen LogP contribution in [-0.2, 0) is 22.4 Å². The number of imide groups is 2. The molecule has 8 N–H and O–H groups in total. The van der Waals surface area contributed by atoms with E-state index in [1.54, 1.807) is 0 Å². The Kier molecular flexibility index (Phi) is 11.6. The molecular formula is C36H40Br2N8O3. The number of carbonyl (C=O) groups is 3. The van der Waals surface area contributed by atoms with Crippen LogP contribution in [-0.4, -0.2) is 65.7 Å². The molecular weight excluding hydrogens is 752 g/mol. The first-order valence-corrected chi connectivity index (χ1v) is 17.7. The van der Waals surface area contributed by atoms with E-state index in [-0.39, 0.29) is 37.9 Å². The molecule has 0 spiro atoms. The molecule has 0 unspecified atom stereocenters. The molecule has 1 aliphatic heterocycles. The van der Waals surface area contributed by atoms with Crippen molar-refractivity contribution in [2.24, 2.45) is 38.3 Å². The van der Waals surface area contributed by atoms with Crippen LogP contribution in [0.3, 0.4) is 0 Å². The lowest BCUT2D eigenvalue weighted by Crippen LogP contribution is -2.66. The van der Waals surface area contributed by atoms with Crippen LogP contribution in [0.25, 0.3) is 21.5 Å². The van der Waals surface area contributed by atoms with Crippen molar-refractivity contribution in [2.75, 3.05) is 26.2 Å². The van der Waals surface area contributed by atoms with Crippen molar-refractivity contribution >= 4 is 83.2 Å². The summed E-state index contributed by atoms with van der Waals surface area (Å²) in [6, 6.07) is 22.9. The number of aliphatic imine (C=N–C) groups is 2. The molecule has 0 aromatic heterocycles. The molecule has 0 atom stereocenters. The molecule has 1 saturated heterocycles. The predicted octanol–water partition coefficient (Wildman–Crippen LogP) is 5.19. The lowest BCUT2D eigenvalue weighted by Gasteiger charge is -2.44. The Balaban J connectivity index is 1.63. The number of urea groups is 1. The van der Waals surface area contributed by atoms with Crippen LogP contribution in [0.2, 0.25) is 0 Å². The lowest BCUT2D eigenvalue weighted by atomic mass is 9.71. The van der Waals surface area contributed by atoms with Crippen LogP contribution < -0.4 is 22.9 Å². The van der Waals surface area contributed by atoms with E-state index in [0.29, 0.717) is 38.8 Å². The maximum absolute atomic E-state index is 15.0. The summed E-state index contributed by atoms with van der Waals surface area (Å²) in [7, 11) is 0.